The first kappa shape index (κ1) is 21.4. The van der Waals surface area contributed by atoms with E-state index >= 15 is 0 Å². The Labute approximate surface area is 195 Å². The zero-order chi connectivity index (χ0) is 22.8. The number of hydrogen-bond acceptors (Lipinski definition) is 6. The van der Waals surface area contributed by atoms with Gasteiger partial charge in [-0.25, -0.2) is 0 Å². The van der Waals surface area contributed by atoms with Gasteiger partial charge in [0.25, 0.3) is 0 Å². The van der Waals surface area contributed by atoms with Crippen LogP contribution in [0.2, 0.25) is 0 Å². The largest absolute Gasteiger partial charge is 0.454 e. The van der Waals surface area contributed by atoms with Crippen LogP contribution in [0.15, 0.2) is 53.8 Å². The van der Waals surface area contributed by atoms with E-state index < -0.39 is 0 Å². The van der Waals surface area contributed by atoms with Gasteiger partial charge in [0.1, 0.15) is 0 Å². The zero-order valence-corrected chi connectivity index (χ0v) is 19.4. The first-order valence-electron chi connectivity index (χ1n) is 11.0. The third-order valence-electron chi connectivity index (χ3n) is 5.66. The van der Waals surface area contributed by atoms with Crippen molar-refractivity contribution in [1.82, 2.24) is 24.6 Å². The molecule has 1 aliphatic rings. The summed E-state index contributed by atoms with van der Waals surface area (Å²) >= 11 is 1.39. The molecule has 0 atom stereocenters. The lowest BCUT2D eigenvalue weighted by molar-refractivity contribution is -0.118. The van der Waals surface area contributed by atoms with Crippen LogP contribution in [-0.2, 0) is 24.4 Å². The molecule has 8 nitrogen and oxygen atoms in total. The van der Waals surface area contributed by atoms with Crippen LogP contribution in [0, 0.1) is 0 Å². The van der Waals surface area contributed by atoms with Crippen LogP contribution < -0.4 is 14.8 Å². The first-order valence-corrected chi connectivity index (χ1v) is 12.0. The third-order valence-corrected chi connectivity index (χ3v) is 6.63. The van der Waals surface area contributed by atoms with Gasteiger partial charge in [-0.1, -0.05) is 36.0 Å². The Morgan fingerprint density at radius 3 is 2.79 bits per heavy atom. The van der Waals surface area contributed by atoms with E-state index in [0.29, 0.717) is 12.3 Å². The number of nitrogens with zero attached hydrogens (tertiary/aromatic N) is 4. The normalized spacial score (nSPS) is 12.4. The number of aromatic nitrogens is 4. The molecule has 2 aromatic carbocycles. The van der Waals surface area contributed by atoms with Crippen LogP contribution in [0.5, 0.6) is 11.5 Å². The molecule has 1 amide bonds. The van der Waals surface area contributed by atoms with Crippen LogP contribution in [0.4, 0.5) is 0 Å². The number of carbonyl (C=O) groups is 1. The highest BCUT2D eigenvalue weighted by Crippen LogP contribution is 2.33. The lowest BCUT2D eigenvalue weighted by atomic mass is 10.1. The van der Waals surface area contributed by atoms with Gasteiger partial charge >= 0.3 is 0 Å². The fraction of sp³-hybridized carbons (Fsp3) is 0.292. The molecular formula is C24H25N5O3S. The summed E-state index contributed by atoms with van der Waals surface area (Å²) in [6.07, 6.45) is 2.13. The van der Waals surface area contributed by atoms with Gasteiger partial charge in [-0.05, 0) is 37.6 Å². The predicted molar refractivity (Wildman–Crippen MR) is 127 cm³/mol. The Hall–Kier alpha value is -3.46. The number of rotatable bonds is 8. The standard InChI is InChI=1S/C24H25N5O3S/c1-3-28-13-18(17-7-5-6-8-19(17)28)23-26-27-24(29(23)4-2)33-14-22(30)25-12-16-9-10-20-21(11-16)32-15-31-20/h5-11,13H,3-4,12,14-15H2,1-2H3,(H,25,30). The molecule has 0 saturated heterocycles. The smallest absolute Gasteiger partial charge is 0.231 e. The average Bonchev–Trinajstić information content (AvgIpc) is 3.57. The summed E-state index contributed by atoms with van der Waals surface area (Å²) in [4.78, 5) is 12.5. The van der Waals surface area contributed by atoms with Gasteiger partial charge in [-0.15, -0.1) is 10.2 Å². The molecule has 0 aliphatic carbocycles. The van der Waals surface area contributed by atoms with Crippen molar-refractivity contribution in [3.05, 3.63) is 54.2 Å². The molecular weight excluding hydrogens is 438 g/mol. The lowest BCUT2D eigenvalue weighted by Crippen LogP contribution is -2.24. The lowest BCUT2D eigenvalue weighted by Gasteiger charge is -2.08. The van der Waals surface area contributed by atoms with Crippen LogP contribution in [0.25, 0.3) is 22.3 Å². The van der Waals surface area contributed by atoms with Gasteiger partial charge in [-0.2, -0.15) is 0 Å². The molecule has 0 spiro atoms. The maximum absolute atomic E-state index is 12.5. The third kappa shape index (κ3) is 4.16. The van der Waals surface area contributed by atoms with Gasteiger partial charge < -0.3 is 23.9 Å². The highest BCUT2D eigenvalue weighted by molar-refractivity contribution is 7.99. The molecule has 0 saturated carbocycles. The molecule has 9 heteroatoms. The van der Waals surface area contributed by atoms with Crippen molar-refractivity contribution in [2.45, 2.75) is 38.6 Å². The van der Waals surface area contributed by atoms with Crippen LogP contribution in [0.1, 0.15) is 19.4 Å². The molecule has 0 bridgehead atoms. The monoisotopic (exact) mass is 463 g/mol. The Bertz CT molecular complexity index is 1310. The molecule has 1 aliphatic heterocycles. The molecule has 170 valence electrons. The Morgan fingerprint density at radius 1 is 1.09 bits per heavy atom. The number of thioether (sulfide) groups is 1. The number of hydrogen-bond donors (Lipinski definition) is 1. The summed E-state index contributed by atoms with van der Waals surface area (Å²) in [6, 6.07) is 14.0. The number of para-hydroxylation sites is 1. The minimum Gasteiger partial charge on any atom is -0.454 e. The number of aryl methyl sites for hydroxylation is 1. The average molecular weight is 464 g/mol. The van der Waals surface area contributed by atoms with E-state index in [1.165, 1.54) is 17.3 Å². The molecule has 3 heterocycles. The molecule has 0 fully saturated rings. The maximum Gasteiger partial charge on any atom is 0.231 e. The summed E-state index contributed by atoms with van der Waals surface area (Å²) < 4.78 is 15.0. The Balaban J connectivity index is 1.27. The van der Waals surface area contributed by atoms with Crippen LogP contribution in [-0.4, -0.2) is 37.8 Å². The van der Waals surface area contributed by atoms with E-state index in [1.54, 1.807) is 0 Å². The molecule has 2 aromatic heterocycles. The quantitative estimate of drug-likeness (QED) is 0.397. The SMILES string of the molecule is CCn1c(SCC(=O)NCc2ccc3c(c2)OCO3)nnc1-c1cn(CC)c2ccccc12. The summed E-state index contributed by atoms with van der Waals surface area (Å²) in [5, 5.41) is 13.7. The van der Waals surface area contributed by atoms with Crippen molar-refractivity contribution >= 4 is 28.6 Å². The van der Waals surface area contributed by atoms with Crippen molar-refractivity contribution in [1.29, 1.82) is 0 Å². The number of fused-ring (bicyclic) bond motifs is 2. The summed E-state index contributed by atoms with van der Waals surface area (Å²) in [5.41, 5.74) is 3.20. The molecule has 0 radical (unpaired) electrons. The minimum atomic E-state index is -0.0625. The second kappa shape index (κ2) is 9.19. The van der Waals surface area contributed by atoms with Gasteiger partial charge in [0.05, 0.1) is 5.75 Å². The van der Waals surface area contributed by atoms with E-state index in [-0.39, 0.29) is 18.5 Å². The molecule has 5 rings (SSSR count). The van der Waals surface area contributed by atoms with E-state index in [2.05, 4.69) is 56.8 Å². The van der Waals surface area contributed by atoms with Crippen molar-refractivity contribution in [2.75, 3.05) is 12.5 Å². The fourth-order valence-corrected chi connectivity index (χ4v) is 4.83. The number of nitrogens with one attached hydrogen (secondary N) is 1. The predicted octanol–water partition coefficient (Wildman–Crippen LogP) is 4.08. The maximum atomic E-state index is 12.5. The minimum absolute atomic E-state index is 0.0625. The van der Waals surface area contributed by atoms with Gasteiger partial charge in [0.15, 0.2) is 22.5 Å². The first-order chi connectivity index (χ1) is 16.2. The highest BCUT2D eigenvalue weighted by atomic mass is 32.2. The number of amides is 1. The van der Waals surface area contributed by atoms with Crippen molar-refractivity contribution in [2.24, 2.45) is 0 Å². The molecule has 33 heavy (non-hydrogen) atoms. The highest BCUT2D eigenvalue weighted by Gasteiger charge is 2.19. The topological polar surface area (TPSA) is 83.2 Å². The van der Waals surface area contributed by atoms with Gasteiger partial charge in [0.2, 0.25) is 12.7 Å². The Morgan fingerprint density at radius 2 is 1.94 bits per heavy atom. The van der Waals surface area contributed by atoms with Crippen molar-refractivity contribution < 1.29 is 14.3 Å². The summed E-state index contributed by atoms with van der Waals surface area (Å²) in [5.74, 6) is 2.47. The van der Waals surface area contributed by atoms with E-state index in [4.69, 9.17) is 9.47 Å². The molecule has 0 unspecified atom stereocenters. The van der Waals surface area contributed by atoms with Crippen molar-refractivity contribution in [3.8, 4) is 22.9 Å². The van der Waals surface area contributed by atoms with E-state index in [1.807, 2.05) is 30.3 Å². The summed E-state index contributed by atoms with van der Waals surface area (Å²) in [7, 11) is 0. The second-order valence-electron chi connectivity index (χ2n) is 7.65. The van der Waals surface area contributed by atoms with Gasteiger partial charge in [0, 0.05) is 42.3 Å². The molecule has 1 N–H and O–H groups in total. The number of ether oxygens (including phenoxy) is 2. The van der Waals surface area contributed by atoms with Gasteiger partial charge in [-0.3, -0.25) is 4.79 Å². The van der Waals surface area contributed by atoms with Crippen LogP contribution in [0.3, 0.4) is 0 Å². The van der Waals surface area contributed by atoms with E-state index in [0.717, 1.165) is 46.3 Å². The second-order valence-corrected chi connectivity index (χ2v) is 8.59. The number of carbonyl (C=O) groups excluding carboxylic acids is 1. The van der Waals surface area contributed by atoms with Crippen LogP contribution >= 0.6 is 11.8 Å². The zero-order valence-electron chi connectivity index (χ0n) is 18.6. The van der Waals surface area contributed by atoms with Crippen molar-refractivity contribution in [3.63, 3.8) is 0 Å². The Kier molecular flexibility index (Phi) is 5.95. The fourth-order valence-electron chi connectivity index (χ4n) is 4.00. The van der Waals surface area contributed by atoms with E-state index in [9.17, 15) is 4.79 Å². The summed E-state index contributed by atoms with van der Waals surface area (Å²) in [6.45, 7) is 6.46. The molecule has 4 aromatic rings. The number of benzene rings is 2.